The second-order valence-electron chi connectivity index (χ2n) is 5.07. The molecule has 0 aromatic heterocycles. The van der Waals surface area contributed by atoms with Gasteiger partial charge < -0.3 is 42.5 Å². The normalized spacial score (nSPS) is 8.82. The third-order valence-electron chi connectivity index (χ3n) is 2.90. The SMILES string of the molecule is C=C[Si](C)(C)C=C.C=C[c-]1[cH-][cH-][cH-][cH-]1.C=C[c-]1cccc1.[Fe]. The molecule has 2 aromatic rings. The largest absolute Gasteiger partial charge is 0.687 e. The van der Waals surface area contributed by atoms with Crippen LogP contribution >= 0.6 is 0 Å². The van der Waals surface area contributed by atoms with Crippen molar-refractivity contribution in [1.29, 1.82) is 0 Å². The summed E-state index contributed by atoms with van der Waals surface area (Å²) in [7, 11) is -1.12. The smallest absolute Gasteiger partial charge is 0.0942 e. The molecular formula is C20H26FeSi-6. The van der Waals surface area contributed by atoms with Crippen molar-refractivity contribution < 1.29 is 17.1 Å². The van der Waals surface area contributed by atoms with E-state index in [9.17, 15) is 0 Å². The molecule has 0 nitrogen and oxygen atoms in total. The summed E-state index contributed by atoms with van der Waals surface area (Å²) in [4.78, 5) is 0. The standard InChI is InChI=1S/2C7H7.C6H12Si.Fe/c2*1-2-7-5-3-4-6-7;1-5-7(3,4)6-2;/h2*2-6H,1H2;5-6H,1-2H2,3-4H3;/q-5;-1;;. The summed E-state index contributed by atoms with van der Waals surface area (Å²) in [6.45, 7) is 19.0. The van der Waals surface area contributed by atoms with Gasteiger partial charge in [-0.15, -0.1) is 36.9 Å². The van der Waals surface area contributed by atoms with Gasteiger partial charge in [-0.1, -0.05) is 24.5 Å². The van der Waals surface area contributed by atoms with Crippen molar-refractivity contribution >= 4 is 20.2 Å². The Bertz CT molecular complexity index is 468. The van der Waals surface area contributed by atoms with Crippen LogP contribution in [0.15, 0.2) is 86.2 Å². The fourth-order valence-electron chi connectivity index (χ4n) is 1.13. The molecule has 124 valence electrons. The molecule has 0 spiro atoms. The van der Waals surface area contributed by atoms with E-state index >= 15 is 0 Å². The molecule has 0 heterocycles. The van der Waals surface area contributed by atoms with Gasteiger partial charge in [-0.05, 0) is 0 Å². The molecule has 2 aromatic carbocycles. The topological polar surface area (TPSA) is 0 Å². The molecule has 0 saturated carbocycles. The van der Waals surface area contributed by atoms with Crippen LogP contribution in [0.2, 0.25) is 13.1 Å². The third kappa shape index (κ3) is 11.1. The molecule has 0 fully saturated rings. The molecule has 2 heteroatoms. The van der Waals surface area contributed by atoms with Crippen molar-refractivity contribution in [3.63, 3.8) is 0 Å². The zero-order valence-electron chi connectivity index (χ0n) is 13.6. The van der Waals surface area contributed by atoms with Gasteiger partial charge in [0.15, 0.2) is 0 Å². The summed E-state index contributed by atoms with van der Waals surface area (Å²) in [6, 6.07) is 16.1. The molecule has 0 N–H and O–H groups in total. The Labute approximate surface area is 147 Å². The van der Waals surface area contributed by atoms with E-state index in [-0.39, 0.29) is 17.1 Å². The van der Waals surface area contributed by atoms with Crippen molar-refractivity contribution in [2.75, 3.05) is 0 Å². The van der Waals surface area contributed by atoms with E-state index in [0.29, 0.717) is 0 Å². The minimum Gasteiger partial charge on any atom is -0.687 e. The van der Waals surface area contributed by atoms with Gasteiger partial charge in [-0.25, -0.2) is 0 Å². The van der Waals surface area contributed by atoms with Crippen LogP contribution in [0.3, 0.4) is 0 Å². The minimum absolute atomic E-state index is 0. The predicted octanol–water partition coefficient (Wildman–Crippen LogP) is 6.24. The first-order valence-corrected chi connectivity index (χ1v) is 10.1. The molecule has 0 saturated heterocycles. The molecule has 22 heavy (non-hydrogen) atoms. The summed E-state index contributed by atoms with van der Waals surface area (Å²) >= 11 is 0. The van der Waals surface area contributed by atoms with Crippen molar-refractivity contribution in [2.45, 2.75) is 13.1 Å². The van der Waals surface area contributed by atoms with Gasteiger partial charge >= 0.3 is 0 Å². The Hall–Kier alpha value is -1.60. The van der Waals surface area contributed by atoms with Crippen LogP contribution < -0.4 is 0 Å². The maximum atomic E-state index is 3.69. The Morgan fingerprint density at radius 1 is 0.864 bits per heavy atom. The van der Waals surface area contributed by atoms with Crippen LogP contribution in [0.25, 0.3) is 12.2 Å². The van der Waals surface area contributed by atoms with Gasteiger partial charge in [0, 0.05) is 17.1 Å². The zero-order valence-corrected chi connectivity index (χ0v) is 15.7. The van der Waals surface area contributed by atoms with Gasteiger partial charge in [-0.2, -0.15) is 18.7 Å². The van der Waals surface area contributed by atoms with E-state index in [4.69, 9.17) is 0 Å². The van der Waals surface area contributed by atoms with E-state index in [1.807, 2.05) is 72.1 Å². The quantitative estimate of drug-likeness (QED) is 0.452. The molecule has 2 rings (SSSR count). The monoisotopic (exact) mass is 350 g/mol. The summed E-state index contributed by atoms with van der Waals surface area (Å²) < 4.78 is 0. The van der Waals surface area contributed by atoms with E-state index in [0.717, 1.165) is 0 Å². The van der Waals surface area contributed by atoms with Crippen LogP contribution in [-0.4, -0.2) is 8.07 Å². The fraction of sp³-hybridized carbons (Fsp3) is 0.100. The molecule has 0 amide bonds. The van der Waals surface area contributed by atoms with Crippen molar-refractivity contribution in [3.8, 4) is 0 Å². The first-order valence-electron chi connectivity index (χ1n) is 6.94. The second kappa shape index (κ2) is 13.1. The Kier molecular flexibility index (Phi) is 13.5. The first kappa shape index (κ1) is 22.7. The van der Waals surface area contributed by atoms with Gasteiger partial charge in [0.05, 0.1) is 8.07 Å². The van der Waals surface area contributed by atoms with Gasteiger partial charge in [-0.3, -0.25) is 0 Å². The van der Waals surface area contributed by atoms with Crippen LogP contribution in [0.5, 0.6) is 0 Å². The molecular weight excluding hydrogens is 324 g/mol. The minimum atomic E-state index is -1.12. The van der Waals surface area contributed by atoms with Gasteiger partial charge in [0.1, 0.15) is 0 Å². The Morgan fingerprint density at radius 2 is 1.32 bits per heavy atom. The first-order chi connectivity index (χ1) is 9.99. The third-order valence-corrected chi connectivity index (χ3v) is 5.00. The van der Waals surface area contributed by atoms with Crippen LogP contribution in [0.4, 0.5) is 0 Å². The predicted molar refractivity (Wildman–Crippen MR) is 102 cm³/mol. The van der Waals surface area contributed by atoms with Crippen molar-refractivity contribution in [3.05, 3.63) is 97.4 Å². The fourth-order valence-corrected chi connectivity index (χ4v) is 1.30. The number of rotatable bonds is 4. The molecule has 0 aliphatic heterocycles. The molecule has 0 atom stereocenters. The van der Waals surface area contributed by atoms with Crippen molar-refractivity contribution in [2.24, 2.45) is 0 Å². The van der Waals surface area contributed by atoms with Gasteiger partial charge in [0.2, 0.25) is 0 Å². The molecule has 0 aliphatic carbocycles. The number of hydrogen-bond donors (Lipinski definition) is 0. The summed E-state index contributed by atoms with van der Waals surface area (Å²) in [5, 5.41) is 0. The van der Waals surface area contributed by atoms with Crippen LogP contribution in [0, 0.1) is 0 Å². The van der Waals surface area contributed by atoms with E-state index in [2.05, 4.69) is 39.4 Å². The average Bonchev–Trinajstić information content (AvgIpc) is 3.21. The van der Waals surface area contributed by atoms with E-state index in [1.165, 1.54) is 11.1 Å². The summed E-state index contributed by atoms with van der Waals surface area (Å²) in [5.41, 5.74) is 6.42. The Morgan fingerprint density at radius 3 is 1.50 bits per heavy atom. The summed E-state index contributed by atoms with van der Waals surface area (Å²) in [6.07, 6.45) is 3.67. The van der Waals surface area contributed by atoms with Crippen LogP contribution in [0.1, 0.15) is 11.1 Å². The molecule has 0 unspecified atom stereocenters. The Balaban J connectivity index is 0. The number of hydrogen-bond acceptors (Lipinski definition) is 0. The van der Waals surface area contributed by atoms with Gasteiger partial charge in [0.25, 0.3) is 0 Å². The zero-order chi connectivity index (χ0) is 16.1. The van der Waals surface area contributed by atoms with E-state index < -0.39 is 8.07 Å². The van der Waals surface area contributed by atoms with Crippen LogP contribution in [-0.2, 0) is 17.1 Å². The molecule has 0 aliphatic rings. The maximum absolute atomic E-state index is 3.69. The summed E-state index contributed by atoms with van der Waals surface area (Å²) in [5.74, 6) is 0. The van der Waals surface area contributed by atoms with Crippen molar-refractivity contribution in [1.82, 2.24) is 0 Å². The average molecular weight is 350 g/mol. The molecule has 0 bridgehead atoms. The van der Waals surface area contributed by atoms with E-state index in [1.54, 1.807) is 0 Å². The second-order valence-corrected chi connectivity index (χ2v) is 9.53. The molecule has 0 radical (unpaired) electrons. The maximum Gasteiger partial charge on any atom is 0.0942 e.